The molecule has 1 saturated heterocycles. The Hall–Kier alpha value is -2.39. The Morgan fingerprint density at radius 2 is 1.88 bits per heavy atom. The molecule has 1 aliphatic rings. The van der Waals surface area contributed by atoms with Gasteiger partial charge >= 0.3 is 0 Å². The largest absolute Gasteiger partial charge is 0.351 e. The Morgan fingerprint density at radius 3 is 2.54 bits per heavy atom. The lowest BCUT2D eigenvalue weighted by Gasteiger charge is -2.15. The van der Waals surface area contributed by atoms with Crippen LogP contribution >= 0.6 is 0 Å². The Bertz CT molecular complexity index is 881. The first-order valence-corrected chi connectivity index (χ1v) is 9.91. The number of benzene rings is 1. The number of rotatable bonds is 6. The van der Waals surface area contributed by atoms with Crippen LogP contribution in [-0.2, 0) is 10.0 Å². The highest BCUT2D eigenvalue weighted by molar-refractivity contribution is 7.89. The molecule has 2 heterocycles. The Morgan fingerprint density at radius 1 is 1.19 bits per heavy atom. The maximum Gasteiger partial charge on any atom is 0.254 e. The summed E-state index contributed by atoms with van der Waals surface area (Å²) in [6, 6.07) is 5.84. The molecule has 3 rings (SSSR count). The summed E-state index contributed by atoms with van der Waals surface area (Å²) in [4.78, 5) is 20.2. The lowest BCUT2D eigenvalue weighted by Crippen LogP contribution is -2.36. The van der Waals surface area contributed by atoms with Crippen LogP contribution in [0.4, 0.5) is 4.39 Å². The van der Waals surface area contributed by atoms with E-state index in [4.69, 9.17) is 0 Å². The van der Waals surface area contributed by atoms with E-state index in [1.807, 2.05) is 0 Å². The highest BCUT2D eigenvalue weighted by Gasteiger charge is 2.24. The van der Waals surface area contributed by atoms with E-state index in [2.05, 4.69) is 15.3 Å². The summed E-state index contributed by atoms with van der Waals surface area (Å²) in [5.41, 5.74) is 0.720. The minimum absolute atomic E-state index is 0.0172. The van der Waals surface area contributed by atoms with Crippen molar-refractivity contribution in [1.29, 1.82) is 0 Å². The number of carbonyl (C=O) groups is 1. The van der Waals surface area contributed by atoms with E-state index in [1.54, 1.807) is 12.1 Å². The minimum atomic E-state index is -3.33. The third-order valence-corrected chi connectivity index (χ3v) is 5.97. The molecule has 0 radical (unpaired) electrons. The van der Waals surface area contributed by atoms with Gasteiger partial charge in [-0.3, -0.25) is 4.79 Å². The van der Waals surface area contributed by atoms with Crippen molar-refractivity contribution >= 4 is 15.9 Å². The molecular formula is C17H19FN4O3S. The van der Waals surface area contributed by atoms with Gasteiger partial charge in [0, 0.05) is 37.6 Å². The monoisotopic (exact) mass is 378 g/mol. The van der Waals surface area contributed by atoms with E-state index >= 15 is 0 Å². The average Bonchev–Trinajstić information content (AvgIpc) is 3.17. The zero-order valence-corrected chi connectivity index (χ0v) is 14.9. The molecule has 0 unspecified atom stereocenters. The molecule has 9 heteroatoms. The number of halogens is 1. The standard InChI is InChI=1S/C17H19FN4O3S/c18-15-5-3-4-13(10-15)16-20-11-14(12-21-16)17(23)19-6-9-26(24,25)22-7-1-2-8-22/h3-5,10-12H,1-2,6-9H2,(H,19,23). The van der Waals surface area contributed by atoms with Crippen LogP contribution in [-0.4, -0.2) is 54.0 Å². The quantitative estimate of drug-likeness (QED) is 0.821. The van der Waals surface area contributed by atoms with Crippen molar-refractivity contribution in [2.75, 3.05) is 25.4 Å². The topological polar surface area (TPSA) is 92.3 Å². The van der Waals surface area contributed by atoms with E-state index in [0.29, 0.717) is 24.5 Å². The molecule has 1 fully saturated rings. The average molecular weight is 378 g/mol. The molecule has 2 aromatic rings. The maximum absolute atomic E-state index is 13.2. The molecule has 0 saturated carbocycles. The smallest absolute Gasteiger partial charge is 0.254 e. The number of aromatic nitrogens is 2. The normalized spacial score (nSPS) is 15.1. The molecule has 1 N–H and O–H groups in total. The first kappa shape index (κ1) is 18.4. The second-order valence-corrected chi connectivity index (χ2v) is 8.07. The number of carbonyl (C=O) groups excluding carboxylic acids is 1. The minimum Gasteiger partial charge on any atom is -0.351 e. The van der Waals surface area contributed by atoms with Gasteiger partial charge in [-0.15, -0.1) is 0 Å². The number of sulfonamides is 1. The Balaban J connectivity index is 1.56. The van der Waals surface area contributed by atoms with Gasteiger partial charge in [0.1, 0.15) is 5.82 Å². The molecule has 0 aliphatic carbocycles. The number of hydrogen-bond donors (Lipinski definition) is 1. The van der Waals surface area contributed by atoms with Crippen molar-refractivity contribution < 1.29 is 17.6 Å². The van der Waals surface area contributed by atoms with E-state index in [1.165, 1.54) is 28.8 Å². The van der Waals surface area contributed by atoms with Gasteiger partial charge in [-0.25, -0.2) is 27.1 Å². The summed E-state index contributed by atoms with van der Waals surface area (Å²) < 4.78 is 38.9. The summed E-state index contributed by atoms with van der Waals surface area (Å²) in [6.45, 7) is 1.11. The summed E-state index contributed by atoms with van der Waals surface area (Å²) >= 11 is 0. The van der Waals surface area contributed by atoms with Crippen LogP contribution in [0.15, 0.2) is 36.7 Å². The molecule has 0 spiro atoms. The fourth-order valence-corrected chi connectivity index (χ4v) is 4.15. The number of nitrogens with zero attached hydrogens (tertiary/aromatic N) is 3. The first-order chi connectivity index (χ1) is 12.5. The van der Waals surface area contributed by atoms with Gasteiger partial charge in [-0.1, -0.05) is 12.1 Å². The number of hydrogen-bond acceptors (Lipinski definition) is 5. The molecule has 1 aromatic heterocycles. The van der Waals surface area contributed by atoms with Gasteiger partial charge in [0.15, 0.2) is 5.82 Å². The second-order valence-electron chi connectivity index (χ2n) is 5.98. The van der Waals surface area contributed by atoms with Crippen molar-refractivity contribution in [2.24, 2.45) is 0 Å². The first-order valence-electron chi connectivity index (χ1n) is 8.30. The Labute approximate surface area is 151 Å². The third kappa shape index (κ3) is 4.41. The van der Waals surface area contributed by atoms with E-state index in [0.717, 1.165) is 12.8 Å². The predicted octanol–water partition coefficient (Wildman–Crippen LogP) is 1.44. The van der Waals surface area contributed by atoms with Crippen molar-refractivity contribution in [3.63, 3.8) is 0 Å². The van der Waals surface area contributed by atoms with Gasteiger partial charge < -0.3 is 5.32 Å². The highest BCUT2D eigenvalue weighted by Crippen LogP contribution is 2.15. The van der Waals surface area contributed by atoms with Gasteiger partial charge in [-0.05, 0) is 25.0 Å². The molecule has 7 nitrogen and oxygen atoms in total. The summed E-state index contributed by atoms with van der Waals surface area (Å²) in [5.74, 6) is -0.682. The molecule has 138 valence electrons. The van der Waals surface area contributed by atoms with Crippen LogP contribution in [0.25, 0.3) is 11.4 Å². The van der Waals surface area contributed by atoms with Crippen molar-refractivity contribution in [2.45, 2.75) is 12.8 Å². The molecule has 1 aromatic carbocycles. The van der Waals surface area contributed by atoms with Crippen LogP contribution in [0.1, 0.15) is 23.2 Å². The van der Waals surface area contributed by atoms with Gasteiger partial charge in [0.2, 0.25) is 10.0 Å². The highest BCUT2D eigenvalue weighted by atomic mass is 32.2. The summed E-state index contributed by atoms with van der Waals surface area (Å²) in [6.07, 6.45) is 4.41. The molecule has 0 atom stereocenters. The van der Waals surface area contributed by atoms with Crippen LogP contribution < -0.4 is 5.32 Å². The zero-order valence-electron chi connectivity index (χ0n) is 14.1. The van der Waals surface area contributed by atoms with Crippen LogP contribution in [0, 0.1) is 5.82 Å². The molecule has 0 bridgehead atoms. The lowest BCUT2D eigenvalue weighted by atomic mass is 10.2. The lowest BCUT2D eigenvalue weighted by molar-refractivity contribution is 0.0955. The van der Waals surface area contributed by atoms with Crippen molar-refractivity contribution in [3.8, 4) is 11.4 Å². The fourth-order valence-electron chi connectivity index (χ4n) is 2.71. The Kier molecular flexibility index (Phi) is 5.58. The maximum atomic E-state index is 13.2. The molecule has 1 aliphatic heterocycles. The second kappa shape index (κ2) is 7.88. The summed E-state index contributed by atoms with van der Waals surface area (Å²) in [5, 5.41) is 2.56. The van der Waals surface area contributed by atoms with E-state index < -0.39 is 21.7 Å². The van der Waals surface area contributed by atoms with Crippen molar-refractivity contribution in [1.82, 2.24) is 19.6 Å². The van der Waals surface area contributed by atoms with Crippen LogP contribution in [0.3, 0.4) is 0 Å². The fraction of sp³-hybridized carbons (Fsp3) is 0.353. The molecule has 26 heavy (non-hydrogen) atoms. The van der Waals surface area contributed by atoms with Gasteiger partial charge in [0.25, 0.3) is 5.91 Å². The van der Waals surface area contributed by atoms with Crippen LogP contribution in [0.2, 0.25) is 0 Å². The molecule has 1 amide bonds. The zero-order chi connectivity index (χ0) is 18.6. The SMILES string of the molecule is O=C(NCCS(=O)(=O)N1CCCC1)c1cnc(-c2cccc(F)c2)nc1. The number of amides is 1. The molecular weight excluding hydrogens is 359 g/mol. The number of nitrogens with one attached hydrogen (secondary N) is 1. The third-order valence-electron chi connectivity index (χ3n) is 4.10. The van der Waals surface area contributed by atoms with Gasteiger partial charge in [0.05, 0.1) is 11.3 Å². The summed E-state index contributed by atoms with van der Waals surface area (Å²) in [7, 11) is -3.33. The van der Waals surface area contributed by atoms with E-state index in [-0.39, 0.29) is 17.9 Å². The van der Waals surface area contributed by atoms with Crippen molar-refractivity contribution in [3.05, 3.63) is 48.0 Å². The predicted molar refractivity (Wildman–Crippen MR) is 94.4 cm³/mol. The van der Waals surface area contributed by atoms with Gasteiger partial charge in [-0.2, -0.15) is 0 Å². The van der Waals surface area contributed by atoms with E-state index in [9.17, 15) is 17.6 Å². The van der Waals surface area contributed by atoms with Crippen LogP contribution in [0.5, 0.6) is 0 Å².